The summed E-state index contributed by atoms with van der Waals surface area (Å²) in [4.78, 5) is 60.6. The number of allylic oxidation sites excluding steroid dienone is 3. The number of carbonyl (C=O) groups is 4. The Bertz CT molecular complexity index is 2590. The molecule has 9 rings (SSSR count). The lowest BCUT2D eigenvalue weighted by atomic mass is 9.50. The minimum Gasteiger partial charge on any atom is -0.502 e. The SMILES string of the molecule is COc1cc(C=C[C@H]2C3=CC[C@@H]4C(=O)N(c5ccc(Nc6ccccc6)cc5)C(=O)[C@@H]4[C@@H]3C[C@H]3C(=O)N(Nc4ccc(F)cc4)C(=O)[C@@]23c2ccc(Cl)cc2)cc(OC)c1O. The summed E-state index contributed by atoms with van der Waals surface area (Å²) in [5.41, 5.74) is 5.65. The van der Waals surface area contributed by atoms with E-state index in [2.05, 4.69) is 10.7 Å². The van der Waals surface area contributed by atoms with Crippen LogP contribution in [0.15, 0.2) is 133 Å². The van der Waals surface area contributed by atoms with Crippen LogP contribution in [0.4, 0.5) is 27.1 Å². The number of amides is 4. The zero-order chi connectivity index (χ0) is 42.6. The van der Waals surface area contributed by atoms with Gasteiger partial charge in [0.2, 0.25) is 17.6 Å². The van der Waals surface area contributed by atoms with Crippen molar-refractivity contribution in [1.82, 2.24) is 5.01 Å². The predicted molar refractivity (Wildman–Crippen MR) is 229 cm³/mol. The summed E-state index contributed by atoms with van der Waals surface area (Å²) in [7, 11) is 2.84. The molecular weight excluding hydrogens is 799 g/mol. The maximum Gasteiger partial charge on any atom is 0.260 e. The first kappa shape index (κ1) is 39.5. The summed E-state index contributed by atoms with van der Waals surface area (Å²) in [6.07, 6.45) is 5.89. The van der Waals surface area contributed by atoms with E-state index in [1.165, 1.54) is 43.4 Å². The Balaban J connectivity index is 1.15. The molecule has 5 aromatic rings. The molecule has 0 radical (unpaired) electrons. The third kappa shape index (κ3) is 6.58. The van der Waals surface area contributed by atoms with Crippen molar-refractivity contribution in [3.63, 3.8) is 0 Å². The normalized spacial score (nSPS) is 24.3. The van der Waals surface area contributed by atoms with Gasteiger partial charge >= 0.3 is 0 Å². The summed E-state index contributed by atoms with van der Waals surface area (Å²) in [5.74, 6) is -6.11. The van der Waals surface area contributed by atoms with Gasteiger partial charge in [-0.3, -0.25) is 29.5 Å². The molecule has 2 aliphatic carbocycles. The van der Waals surface area contributed by atoms with Crippen molar-refractivity contribution in [2.24, 2.45) is 29.6 Å². The molecule has 11 nitrogen and oxygen atoms in total. The minimum absolute atomic E-state index is 0.0831. The van der Waals surface area contributed by atoms with E-state index in [9.17, 15) is 23.9 Å². The highest BCUT2D eigenvalue weighted by molar-refractivity contribution is 6.30. The lowest BCUT2D eigenvalue weighted by Gasteiger charge is -2.49. The van der Waals surface area contributed by atoms with Crippen LogP contribution in [0.2, 0.25) is 5.02 Å². The molecule has 2 aliphatic heterocycles. The lowest BCUT2D eigenvalue weighted by Crippen LogP contribution is -2.54. The van der Waals surface area contributed by atoms with Gasteiger partial charge < -0.3 is 19.9 Å². The van der Waals surface area contributed by atoms with Gasteiger partial charge in [0.15, 0.2) is 11.5 Å². The molecule has 0 spiro atoms. The van der Waals surface area contributed by atoms with Crippen LogP contribution < -0.4 is 25.1 Å². The van der Waals surface area contributed by atoms with Crippen molar-refractivity contribution in [1.29, 1.82) is 0 Å². The monoisotopic (exact) mass is 838 g/mol. The number of hydrogen-bond acceptors (Lipinski definition) is 9. The van der Waals surface area contributed by atoms with Gasteiger partial charge in [0.25, 0.3) is 11.8 Å². The van der Waals surface area contributed by atoms with E-state index in [0.29, 0.717) is 27.5 Å². The number of hydrazine groups is 1. The first-order valence-electron chi connectivity index (χ1n) is 19.8. The molecule has 3 N–H and O–H groups in total. The van der Waals surface area contributed by atoms with Gasteiger partial charge in [-0.15, -0.1) is 0 Å². The Morgan fingerprint density at radius 1 is 0.787 bits per heavy atom. The fourth-order valence-corrected chi connectivity index (χ4v) is 9.88. The molecule has 5 aromatic carbocycles. The number of phenolic OH excluding ortho intramolecular Hbond substituents is 1. The van der Waals surface area contributed by atoms with E-state index in [1.54, 1.807) is 54.6 Å². The van der Waals surface area contributed by atoms with Gasteiger partial charge in [-0.2, -0.15) is 5.01 Å². The van der Waals surface area contributed by atoms with Crippen LogP contribution in [-0.4, -0.2) is 48.0 Å². The van der Waals surface area contributed by atoms with Gasteiger partial charge in [0.05, 0.1) is 48.8 Å². The number of fused-ring (bicyclic) bond motifs is 4. The average Bonchev–Trinajstić information content (AvgIpc) is 3.65. The van der Waals surface area contributed by atoms with Crippen molar-refractivity contribution in [3.8, 4) is 17.2 Å². The second kappa shape index (κ2) is 15.6. The maximum absolute atomic E-state index is 15.4. The third-order valence-corrected chi connectivity index (χ3v) is 12.7. The number of phenols is 1. The third-order valence-electron chi connectivity index (χ3n) is 12.5. The molecule has 3 fully saturated rings. The van der Waals surface area contributed by atoms with Crippen molar-refractivity contribution < 1.29 is 38.1 Å². The summed E-state index contributed by atoms with van der Waals surface area (Å²) in [6.45, 7) is 0. The number of aromatic hydroxyl groups is 1. The maximum atomic E-state index is 15.4. The van der Waals surface area contributed by atoms with Gasteiger partial charge in [-0.05, 0) is 115 Å². The topological polar surface area (TPSA) is 138 Å². The molecule has 6 atom stereocenters. The molecule has 2 saturated heterocycles. The number of hydrogen-bond donors (Lipinski definition) is 3. The van der Waals surface area contributed by atoms with Crippen LogP contribution in [0, 0.1) is 35.4 Å². The van der Waals surface area contributed by atoms with Crippen LogP contribution in [0.5, 0.6) is 17.2 Å². The fraction of sp³-hybridized carbons (Fsp3) is 0.208. The largest absolute Gasteiger partial charge is 0.502 e. The quantitative estimate of drug-likeness (QED) is 0.0932. The van der Waals surface area contributed by atoms with Crippen LogP contribution in [-0.2, 0) is 24.6 Å². The van der Waals surface area contributed by atoms with Crippen LogP contribution >= 0.6 is 11.6 Å². The molecule has 308 valence electrons. The molecule has 4 amide bonds. The number of nitrogens with one attached hydrogen (secondary N) is 2. The Morgan fingerprint density at radius 2 is 1.43 bits per heavy atom. The van der Waals surface area contributed by atoms with Crippen LogP contribution in [0.1, 0.15) is 24.0 Å². The second-order valence-corrected chi connectivity index (χ2v) is 16.0. The van der Waals surface area contributed by atoms with E-state index in [4.69, 9.17) is 21.1 Å². The van der Waals surface area contributed by atoms with E-state index >= 15 is 4.79 Å². The van der Waals surface area contributed by atoms with Gasteiger partial charge in [-0.1, -0.05) is 65.7 Å². The number of anilines is 4. The average molecular weight is 839 g/mol. The highest BCUT2D eigenvalue weighted by Crippen LogP contribution is 2.62. The van der Waals surface area contributed by atoms with Gasteiger partial charge in [0, 0.05) is 22.3 Å². The van der Waals surface area contributed by atoms with Gasteiger partial charge in [-0.25, -0.2) is 4.39 Å². The zero-order valence-corrected chi connectivity index (χ0v) is 33.8. The number of para-hydroxylation sites is 1. The van der Waals surface area contributed by atoms with E-state index in [-0.39, 0.29) is 41.9 Å². The van der Waals surface area contributed by atoms with Crippen molar-refractivity contribution in [2.75, 3.05) is 29.9 Å². The summed E-state index contributed by atoms with van der Waals surface area (Å²) < 4.78 is 24.8. The number of ether oxygens (including phenoxy) is 2. The van der Waals surface area contributed by atoms with E-state index < -0.39 is 52.6 Å². The van der Waals surface area contributed by atoms with Crippen LogP contribution in [0.25, 0.3) is 6.08 Å². The molecule has 0 bridgehead atoms. The lowest BCUT2D eigenvalue weighted by molar-refractivity contribution is -0.139. The molecule has 1 saturated carbocycles. The molecular formula is C48H40ClFN4O7. The summed E-state index contributed by atoms with van der Waals surface area (Å²) in [6, 6.07) is 32.1. The molecule has 61 heavy (non-hydrogen) atoms. The summed E-state index contributed by atoms with van der Waals surface area (Å²) >= 11 is 6.41. The first-order valence-corrected chi connectivity index (χ1v) is 20.2. The molecule has 0 aromatic heterocycles. The van der Waals surface area contributed by atoms with Crippen molar-refractivity contribution in [2.45, 2.75) is 18.3 Å². The number of halogens is 2. The zero-order valence-electron chi connectivity index (χ0n) is 33.0. The van der Waals surface area contributed by atoms with E-state index in [0.717, 1.165) is 22.0 Å². The Labute approximate surface area is 356 Å². The number of imide groups is 2. The highest BCUT2D eigenvalue weighted by atomic mass is 35.5. The Kier molecular flexibility index (Phi) is 10.1. The number of carbonyl (C=O) groups excluding carboxylic acids is 4. The highest BCUT2D eigenvalue weighted by Gasteiger charge is 2.69. The van der Waals surface area contributed by atoms with Gasteiger partial charge in [0.1, 0.15) is 5.82 Å². The van der Waals surface area contributed by atoms with Crippen molar-refractivity contribution >= 4 is 64.1 Å². The molecule has 13 heteroatoms. The molecule has 2 heterocycles. The number of methoxy groups -OCH3 is 2. The predicted octanol–water partition coefficient (Wildman–Crippen LogP) is 8.68. The first-order chi connectivity index (χ1) is 29.5. The Hall–Kier alpha value is -6.92. The molecule has 4 aliphatic rings. The van der Waals surface area contributed by atoms with Crippen LogP contribution in [0.3, 0.4) is 0 Å². The van der Waals surface area contributed by atoms with Crippen molar-refractivity contribution in [3.05, 3.63) is 155 Å². The number of rotatable bonds is 10. The molecule has 0 unspecified atom stereocenters. The number of benzene rings is 5. The fourth-order valence-electron chi connectivity index (χ4n) is 9.76. The standard InChI is InChI=1S/C48H40ClFN4O7/c1-60-40-24-27(25-41(61-2)43(40)55)8-23-38-35-21-22-36-42(46(58)53(44(36)56)34-19-17-32(18-20-34)51-31-6-4-3-5-7-31)37(35)26-39-45(57)54(52-33-15-13-30(50)14-16-33)47(59)48(38,39)28-9-11-29(49)12-10-28/h3-21,23-25,36-39,42,51-52,55H,22,26H2,1-2H3/t36-,37+,38-,39-,42-,48-/m0/s1. The van der Waals surface area contributed by atoms with E-state index in [1.807, 2.05) is 54.6 Å². The number of nitrogens with zero attached hydrogens (tertiary/aromatic N) is 2. The minimum atomic E-state index is -1.56. The summed E-state index contributed by atoms with van der Waals surface area (Å²) in [5, 5.41) is 15.4. The Morgan fingerprint density at radius 3 is 2.08 bits per heavy atom. The second-order valence-electron chi connectivity index (χ2n) is 15.6. The smallest absolute Gasteiger partial charge is 0.260 e.